The summed E-state index contributed by atoms with van der Waals surface area (Å²) in [6, 6.07) is 11.2. The van der Waals surface area contributed by atoms with Crippen LogP contribution in [0, 0.1) is 0 Å². The van der Waals surface area contributed by atoms with Crippen LogP contribution in [0.15, 0.2) is 71.2 Å². The second-order valence-electron chi connectivity index (χ2n) is 9.09. The van der Waals surface area contributed by atoms with Crippen molar-refractivity contribution in [1.29, 1.82) is 0 Å². The zero-order valence-electron chi connectivity index (χ0n) is 19.5. The van der Waals surface area contributed by atoms with Crippen molar-refractivity contribution >= 4 is 46.8 Å². The highest BCUT2D eigenvalue weighted by Crippen LogP contribution is 2.26. The average Bonchev–Trinajstić information content (AvgIpc) is 3.19. The SMILES string of the molecule is C=CCC(N=CC(=CN)c1ncnc2c1ccn2COCC[Si](C)(C)C)c1cccc(Br)c1. The van der Waals surface area contributed by atoms with Gasteiger partial charge < -0.3 is 15.0 Å². The molecular weight excluding hydrogens is 494 g/mol. The molecule has 33 heavy (non-hydrogen) atoms. The highest BCUT2D eigenvalue weighted by Gasteiger charge is 2.14. The third-order valence-electron chi connectivity index (χ3n) is 5.25. The number of halogens is 1. The Balaban J connectivity index is 1.82. The molecule has 3 aromatic rings. The number of fused-ring (bicyclic) bond motifs is 1. The maximum Gasteiger partial charge on any atom is 0.145 e. The number of ether oxygens (including phenoxy) is 1. The maximum absolute atomic E-state index is 6.00. The predicted octanol–water partition coefficient (Wildman–Crippen LogP) is 6.19. The molecule has 0 spiro atoms. The predicted molar refractivity (Wildman–Crippen MR) is 144 cm³/mol. The van der Waals surface area contributed by atoms with Crippen LogP contribution >= 0.6 is 15.9 Å². The Labute approximate surface area is 205 Å². The molecule has 0 saturated heterocycles. The van der Waals surface area contributed by atoms with E-state index in [2.05, 4.69) is 64.3 Å². The zero-order valence-corrected chi connectivity index (χ0v) is 22.1. The fourth-order valence-corrected chi connectivity index (χ4v) is 4.56. The molecule has 0 fully saturated rings. The topological polar surface area (TPSA) is 78.3 Å². The fourth-order valence-electron chi connectivity index (χ4n) is 3.39. The normalized spacial score (nSPS) is 13.6. The number of hydrogen-bond acceptors (Lipinski definition) is 5. The molecule has 174 valence electrons. The number of aliphatic imine (C=N–C) groups is 1. The van der Waals surface area contributed by atoms with Crippen LogP contribution < -0.4 is 5.73 Å². The molecule has 0 aliphatic heterocycles. The van der Waals surface area contributed by atoms with Gasteiger partial charge in [-0.2, -0.15) is 0 Å². The molecule has 0 aliphatic rings. The Kier molecular flexibility index (Phi) is 8.77. The van der Waals surface area contributed by atoms with Gasteiger partial charge in [0.05, 0.1) is 11.7 Å². The first-order valence-corrected chi connectivity index (χ1v) is 15.5. The molecule has 3 rings (SSSR count). The summed E-state index contributed by atoms with van der Waals surface area (Å²) in [7, 11) is -1.12. The highest BCUT2D eigenvalue weighted by molar-refractivity contribution is 9.10. The van der Waals surface area contributed by atoms with Gasteiger partial charge in [0.15, 0.2) is 0 Å². The second kappa shape index (κ2) is 11.5. The van der Waals surface area contributed by atoms with Crippen LogP contribution in [0.25, 0.3) is 16.6 Å². The van der Waals surface area contributed by atoms with Crippen LogP contribution in [0.4, 0.5) is 0 Å². The van der Waals surface area contributed by atoms with Crippen LogP contribution in [0.1, 0.15) is 23.7 Å². The first-order valence-electron chi connectivity index (χ1n) is 11.0. The highest BCUT2D eigenvalue weighted by atomic mass is 79.9. The minimum atomic E-state index is -1.12. The maximum atomic E-state index is 6.00. The quantitative estimate of drug-likeness (QED) is 0.140. The Bertz CT molecular complexity index is 1150. The largest absolute Gasteiger partial charge is 0.404 e. The molecular formula is C25H32BrN5OSi. The van der Waals surface area contributed by atoms with E-state index in [0.29, 0.717) is 6.73 Å². The van der Waals surface area contributed by atoms with Crippen molar-refractivity contribution in [1.82, 2.24) is 14.5 Å². The number of hydrogen-bond donors (Lipinski definition) is 1. The summed E-state index contributed by atoms with van der Waals surface area (Å²) >= 11 is 3.54. The first-order chi connectivity index (χ1) is 15.8. The Morgan fingerprint density at radius 3 is 2.82 bits per heavy atom. The summed E-state index contributed by atoms with van der Waals surface area (Å²) in [5.41, 5.74) is 9.40. The van der Waals surface area contributed by atoms with E-state index in [0.717, 1.165) is 51.4 Å². The summed E-state index contributed by atoms with van der Waals surface area (Å²) in [5, 5.41) is 0.914. The zero-order chi connectivity index (χ0) is 23.8. The third kappa shape index (κ3) is 6.96. The second-order valence-corrected chi connectivity index (χ2v) is 15.6. The van der Waals surface area contributed by atoms with Crippen LogP contribution in [-0.4, -0.2) is 35.4 Å². The fraction of sp³-hybridized carbons (Fsp3) is 0.320. The molecule has 2 heterocycles. The lowest BCUT2D eigenvalue weighted by atomic mass is 10.0. The summed E-state index contributed by atoms with van der Waals surface area (Å²) in [6.45, 7) is 12.1. The van der Waals surface area contributed by atoms with E-state index >= 15 is 0 Å². The smallest absolute Gasteiger partial charge is 0.145 e. The van der Waals surface area contributed by atoms with E-state index in [4.69, 9.17) is 15.5 Å². The lowest BCUT2D eigenvalue weighted by Gasteiger charge is -2.15. The number of nitrogens with zero attached hydrogens (tertiary/aromatic N) is 4. The van der Waals surface area contributed by atoms with E-state index in [1.165, 1.54) is 0 Å². The minimum absolute atomic E-state index is 0.0587. The van der Waals surface area contributed by atoms with Gasteiger partial charge >= 0.3 is 0 Å². The minimum Gasteiger partial charge on any atom is -0.404 e. The molecule has 1 atom stereocenters. The van der Waals surface area contributed by atoms with Crippen molar-refractivity contribution < 1.29 is 4.74 Å². The van der Waals surface area contributed by atoms with Crippen molar-refractivity contribution in [2.24, 2.45) is 10.7 Å². The van der Waals surface area contributed by atoms with Crippen molar-refractivity contribution in [2.75, 3.05) is 6.61 Å². The standard InChI is InChI=1S/C25H32BrN5OSi/c1-5-7-23(19-8-6-9-21(26)14-19)28-16-20(15-27)24-22-10-11-31(25(22)30-17-29-24)18-32-12-13-33(2,3)4/h5-6,8-11,14-17,23H,1,7,12-13,18,27H2,2-4H3. The van der Waals surface area contributed by atoms with Crippen LogP contribution in [0.5, 0.6) is 0 Å². The number of nitrogens with two attached hydrogens (primary N) is 1. The van der Waals surface area contributed by atoms with Gasteiger partial charge in [-0.25, -0.2) is 9.97 Å². The van der Waals surface area contributed by atoms with Gasteiger partial charge in [-0.15, -0.1) is 6.58 Å². The van der Waals surface area contributed by atoms with Gasteiger partial charge in [-0.3, -0.25) is 4.99 Å². The van der Waals surface area contributed by atoms with Gasteiger partial charge in [0.25, 0.3) is 0 Å². The van der Waals surface area contributed by atoms with E-state index < -0.39 is 8.07 Å². The van der Waals surface area contributed by atoms with Crippen molar-refractivity contribution in [3.63, 3.8) is 0 Å². The summed E-state index contributed by atoms with van der Waals surface area (Å²) in [6.07, 6.45) is 9.46. The molecule has 2 aromatic heterocycles. The molecule has 8 heteroatoms. The summed E-state index contributed by atoms with van der Waals surface area (Å²) < 4.78 is 8.93. The Morgan fingerprint density at radius 1 is 1.30 bits per heavy atom. The number of allylic oxidation sites excluding steroid dienone is 1. The van der Waals surface area contributed by atoms with Crippen molar-refractivity contribution in [2.45, 2.75) is 44.9 Å². The van der Waals surface area contributed by atoms with Gasteiger partial charge in [-0.05, 0) is 36.2 Å². The number of aromatic nitrogens is 3. The molecule has 6 nitrogen and oxygen atoms in total. The van der Waals surface area contributed by atoms with Crippen LogP contribution in [0.2, 0.25) is 25.7 Å². The summed E-state index contributed by atoms with van der Waals surface area (Å²) in [4.78, 5) is 13.8. The third-order valence-corrected chi connectivity index (χ3v) is 7.45. The molecule has 1 aromatic carbocycles. The van der Waals surface area contributed by atoms with Gasteiger partial charge in [0, 0.05) is 48.7 Å². The lowest BCUT2D eigenvalue weighted by molar-refractivity contribution is 0.0899. The first kappa shape index (κ1) is 25.1. The molecule has 0 aliphatic carbocycles. The van der Waals surface area contributed by atoms with E-state index in [9.17, 15) is 0 Å². The van der Waals surface area contributed by atoms with Gasteiger partial charge in [0.1, 0.15) is 18.7 Å². The summed E-state index contributed by atoms with van der Waals surface area (Å²) in [5.74, 6) is 0. The molecule has 0 radical (unpaired) electrons. The number of rotatable bonds is 11. The Morgan fingerprint density at radius 2 is 2.12 bits per heavy atom. The van der Waals surface area contributed by atoms with Crippen LogP contribution in [0.3, 0.4) is 0 Å². The van der Waals surface area contributed by atoms with E-state index in [-0.39, 0.29) is 6.04 Å². The molecule has 2 N–H and O–H groups in total. The van der Waals surface area contributed by atoms with E-state index in [1.54, 1.807) is 18.7 Å². The van der Waals surface area contributed by atoms with E-state index in [1.807, 2.05) is 35.0 Å². The molecule has 0 saturated carbocycles. The monoisotopic (exact) mass is 525 g/mol. The van der Waals surface area contributed by atoms with Crippen molar-refractivity contribution in [3.05, 3.63) is 77.4 Å². The number of benzene rings is 1. The van der Waals surface area contributed by atoms with Crippen LogP contribution in [-0.2, 0) is 11.5 Å². The van der Waals surface area contributed by atoms with Gasteiger partial charge in [-0.1, -0.05) is 53.8 Å². The van der Waals surface area contributed by atoms with Gasteiger partial charge in [0.2, 0.25) is 0 Å². The molecule has 0 bridgehead atoms. The average molecular weight is 527 g/mol. The lowest BCUT2D eigenvalue weighted by Crippen LogP contribution is -2.22. The Hall–Kier alpha value is -2.55. The molecule has 1 unspecified atom stereocenters. The molecule has 0 amide bonds. The van der Waals surface area contributed by atoms with Crippen molar-refractivity contribution in [3.8, 4) is 0 Å².